The van der Waals surface area contributed by atoms with Gasteiger partial charge in [-0.15, -0.1) is 0 Å². The monoisotopic (exact) mass is 265 g/mol. The van der Waals surface area contributed by atoms with E-state index < -0.39 is 6.04 Å². The summed E-state index contributed by atoms with van der Waals surface area (Å²) in [4.78, 5) is 11.9. The van der Waals surface area contributed by atoms with Crippen LogP contribution in [0.5, 0.6) is 0 Å². The molecule has 1 saturated carbocycles. The number of amidine groups is 1. The molecule has 1 unspecified atom stereocenters. The molecule has 6 heteroatoms. The van der Waals surface area contributed by atoms with Crippen LogP contribution in [-0.2, 0) is 11.2 Å². The topological polar surface area (TPSA) is 87.7 Å². The van der Waals surface area contributed by atoms with Crippen molar-refractivity contribution in [1.82, 2.24) is 5.32 Å². The number of amides is 1. The quantitative estimate of drug-likeness (QED) is 0.321. The van der Waals surface area contributed by atoms with Crippen molar-refractivity contribution in [2.24, 2.45) is 16.8 Å². The van der Waals surface area contributed by atoms with E-state index in [1.54, 1.807) is 12.1 Å². The Kier molecular flexibility index (Phi) is 3.99. The zero-order valence-electron chi connectivity index (χ0n) is 10.3. The average Bonchev–Trinajstić information content (AvgIpc) is 3.22. The first-order valence-electron chi connectivity index (χ1n) is 6.11. The Morgan fingerprint density at radius 1 is 1.47 bits per heavy atom. The van der Waals surface area contributed by atoms with Gasteiger partial charge in [-0.2, -0.15) is 0 Å². The highest BCUT2D eigenvalue weighted by molar-refractivity contribution is 5.91. The Balaban J connectivity index is 1.94. The van der Waals surface area contributed by atoms with Gasteiger partial charge in [0.05, 0.1) is 12.5 Å². The predicted octanol–water partition coefficient (Wildman–Crippen LogP) is 1.01. The summed E-state index contributed by atoms with van der Waals surface area (Å²) in [6.07, 6.45) is 2.05. The molecule has 0 radical (unpaired) electrons. The molecule has 0 aromatic heterocycles. The molecule has 0 heterocycles. The van der Waals surface area contributed by atoms with Gasteiger partial charge in [0, 0.05) is 0 Å². The van der Waals surface area contributed by atoms with Gasteiger partial charge in [-0.05, 0) is 36.5 Å². The number of oxime groups is 1. The maximum absolute atomic E-state index is 12.7. The predicted molar refractivity (Wildman–Crippen MR) is 68.2 cm³/mol. The van der Waals surface area contributed by atoms with E-state index in [-0.39, 0.29) is 29.9 Å². The summed E-state index contributed by atoms with van der Waals surface area (Å²) >= 11 is 0. The molecular formula is C13H16FN3O2. The van der Waals surface area contributed by atoms with E-state index in [0.717, 1.165) is 12.8 Å². The zero-order chi connectivity index (χ0) is 13.8. The molecule has 1 aromatic rings. The fraction of sp³-hybridized carbons (Fsp3) is 0.385. The van der Waals surface area contributed by atoms with Crippen LogP contribution in [0.1, 0.15) is 18.4 Å². The fourth-order valence-electron chi connectivity index (χ4n) is 1.94. The molecule has 102 valence electrons. The van der Waals surface area contributed by atoms with E-state index in [1.165, 1.54) is 12.1 Å². The highest BCUT2D eigenvalue weighted by Crippen LogP contribution is 2.32. The van der Waals surface area contributed by atoms with Crippen LogP contribution in [0.4, 0.5) is 4.39 Å². The van der Waals surface area contributed by atoms with Gasteiger partial charge in [0.25, 0.3) is 0 Å². The lowest BCUT2D eigenvalue weighted by Gasteiger charge is -2.16. The van der Waals surface area contributed by atoms with Gasteiger partial charge in [-0.25, -0.2) is 4.39 Å². The van der Waals surface area contributed by atoms with Gasteiger partial charge < -0.3 is 16.3 Å². The lowest BCUT2D eigenvalue weighted by atomic mass is 10.1. The summed E-state index contributed by atoms with van der Waals surface area (Å²) in [7, 11) is 0. The first-order valence-corrected chi connectivity index (χ1v) is 6.11. The van der Waals surface area contributed by atoms with E-state index in [0.29, 0.717) is 5.56 Å². The number of hydrogen-bond acceptors (Lipinski definition) is 3. The molecule has 19 heavy (non-hydrogen) atoms. The minimum Gasteiger partial charge on any atom is -0.409 e. The number of carbonyl (C=O) groups is 1. The van der Waals surface area contributed by atoms with E-state index in [1.807, 2.05) is 0 Å². The van der Waals surface area contributed by atoms with Gasteiger partial charge in [-0.3, -0.25) is 4.79 Å². The first-order chi connectivity index (χ1) is 9.10. The third-order valence-electron chi connectivity index (χ3n) is 3.12. The highest BCUT2D eigenvalue weighted by atomic mass is 19.1. The number of nitrogens with two attached hydrogens (primary N) is 1. The standard InChI is InChI=1S/C13H16FN3O2/c14-10-5-1-8(2-6-10)7-11(18)16-12(9-3-4-9)13(15)17-19/h1-2,5-6,9,12,19H,3-4,7H2,(H2,15,17)(H,16,18). The van der Waals surface area contributed by atoms with Crippen molar-refractivity contribution in [3.05, 3.63) is 35.6 Å². The molecule has 1 aliphatic carbocycles. The minimum absolute atomic E-state index is 0.0231. The summed E-state index contributed by atoms with van der Waals surface area (Å²) in [5.74, 6) is -0.296. The Hall–Kier alpha value is -2.11. The smallest absolute Gasteiger partial charge is 0.225 e. The van der Waals surface area contributed by atoms with E-state index in [9.17, 15) is 9.18 Å². The van der Waals surface area contributed by atoms with Crippen LogP contribution >= 0.6 is 0 Å². The summed E-state index contributed by atoms with van der Waals surface area (Å²) in [6.45, 7) is 0. The minimum atomic E-state index is -0.419. The van der Waals surface area contributed by atoms with Crippen LogP contribution in [0.15, 0.2) is 29.4 Å². The maximum Gasteiger partial charge on any atom is 0.225 e. The van der Waals surface area contributed by atoms with E-state index in [2.05, 4.69) is 10.5 Å². The SMILES string of the molecule is NC(=NO)C(NC(=O)Cc1ccc(F)cc1)C1CC1. The molecule has 2 rings (SSSR count). The molecule has 1 fully saturated rings. The van der Waals surface area contributed by atoms with Crippen molar-refractivity contribution >= 4 is 11.7 Å². The fourth-order valence-corrected chi connectivity index (χ4v) is 1.94. The summed E-state index contributed by atoms with van der Waals surface area (Å²) in [5, 5.41) is 14.4. The van der Waals surface area contributed by atoms with Gasteiger partial charge in [0.15, 0.2) is 5.84 Å². The van der Waals surface area contributed by atoms with E-state index in [4.69, 9.17) is 10.9 Å². The Labute approximate surface area is 110 Å². The lowest BCUT2D eigenvalue weighted by molar-refractivity contribution is -0.120. The molecular weight excluding hydrogens is 249 g/mol. The number of hydrogen-bond donors (Lipinski definition) is 3. The second kappa shape index (κ2) is 5.69. The van der Waals surface area contributed by atoms with Crippen molar-refractivity contribution in [2.45, 2.75) is 25.3 Å². The first kappa shape index (κ1) is 13.3. The molecule has 0 saturated heterocycles. The van der Waals surface area contributed by atoms with Crippen molar-refractivity contribution in [3.63, 3.8) is 0 Å². The lowest BCUT2D eigenvalue weighted by Crippen LogP contribution is -2.46. The Morgan fingerprint density at radius 2 is 2.11 bits per heavy atom. The highest BCUT2D eigenvalue weighted by Gasteiger charge is 2.35. The summed E-state index contributed by atoms with van der Waals surface area (Å²) < 4.78 is 12.7. The van der Waals surface area contributed by atoms with Crippen LogP contribution in [-0.4, -0.2) is 23.0 Å². The Bertz CT molecular complexity index is 483. The second-order valence-electron chi connectivity index (χ2n) is 4.71. The summed E-state index contributed by atoms with van der Waals surface area (Å²) in [5.41, 5.74) is 6.27. The third kappa shape index (κ3) is 3.67. The molecule has 1 aliphatic rings. The molecule has 0 bridgehead atoms. The van der Waals surface area contributed by atoms with Gasteiger partial charge >= 0.3 is 0 Å². The third-order valence-corrected chi connectivity index (χ3v) is 3.12. The number of nitrogens with zero attached hydrogens (tertiary/aromatic N) is 1. The van der Waals surface area contributed by atoms with E-state index >= 15 is 0 Å². The van der Waals surface area contributed by atoms with Gasteiger partial charge in [0.2, 0.25) is 5.91 Å². The molecule has 1 atom stereocenters. The molecule has 0 aliphatic heterocycles. The van der Waals surface area contributed by atoms with Crippen LogP contribution in [0, 0.1) is 11.7 Å². The zero-order valence-corrected chi connectivity index (χ0v) is 10.3. The number of carbonyl (C=O) groups excluding carboxylic acids is 1. The van der Waals surface area contributed by atoms with Crippen LogP contribution in [0.25, 0.3) is 0 Å². The van der Waals surface area contributed by atoms with Gasteiger partial charge in [0.1, 0.15) is 5.82 Å². The number of rotatable bonds is 5. The second-order valence-corrected chi connectivity index (χ2v) is 4.71. The molecule has 1 aromatic carbocycles. The number of nitrogens with one attached hydrogen (secondary N) is 1. The Morgan fingerprint density at radius 3 is 2.63 bits per heavy atom. The van der Waals surface area contributed by atoms with Crippen molar-refractivity contribution < 1.29 is 14.4 Å². The number of halogens is 1. The van der Waals surface area contributed by atoms with Crippen LogP contribution < -0.4 is 11.1 Å². The van der Waals surface area contributed by atoms with Crippen molar-refractivity contribution in [1.29, 1.82) is 0 Å². The maximum atomic E-state index is 12.7. The largest absolute Gasteiger partial charge is 0.409 e. The summed E-state index contributed by atoms with van der Waals surface area (Å²) in [6, 6.07) is 5.32. The van der Waals surface area contributed by atoms with Crippen molar-refractivity contribution in [2.75, 3.05) is 0 Å². The molecule has 5 nitrogen and oxygen atoms in total. The molecule has 0 spiro atoms. The van der Waals surface area contributed by atoms with Crippen molar-refractivity contribution in [3.8, 4) is 0 Å². The normalized spacial score (nSPS) is 17.0. The van der Waals surface area contributed by atoms with Crippen LogP contribution in [0.2, 0.25) is 0 Å². The molecule has 1 amide bonds. The number of benzene rings is 1. The van der Waals surface area contributed by atoms with Crippen LogP contribution in [0.3, 0.4) is 0 Å². The molecule has 4 N–H and O–H groups in total. The average molecular weight is 265 g/mol. The van der Waals surface area contributed by atoms with Gasteiger partial charge in [-0.1, -0.05) is 17.3 Å².